The van der Waals surface area contributed by atoms with E-state index in [4.69, 9.17) is 0 Å². The number of hydrogen-bond acceptors (Lipinski definition) is 1. The van der Waals surface area contributed by atoms with E-state index in [9.17, 15) is 0 Å². The van der Waals surface area contributed by atoms with Crippen molar-refractivity contribution in [3.8, 4) is 77.9 Å². The molecule has 0 saturated heterocycles. The molecule has 10 aromatic rings. The molecule has 10 rings (SSSR count). The molecule has 1 heteroatoms. The topological polar surface area (TPSA) is 3.24 Å². The third-order valence-corrected chi connectivity index (χ3v) is 11.5. The number of rotatable bonds is 10. The highest BCUT2D eigenvalue weighted by Crippen LogP contribution is 2.40. The second-order valence-corrected chi connectivity index (χ2v) is 15.4. The van der Waals surface area contributed by atoms with Gasteiger partial charge in [0.05, 0.1) is 0 Å². The zero-order valence-electron chi connectivity index (χ0n) is 33.8. The summed E-state index contributed by atoms with van der Waals surface area (Å²) >= 11 is 0. The van der Waals surface area contributed by atoms with Crippen molar-refractivity contribution in [1.82, 2.24) is 0 Å². The summed E-state index contributed by atoms with van der Waals surface area (Å²) in [6.45, 7) is 0. The molecular formula is C60H43N. The third kappa shape index (κ3) is 8.06. The molecule has 0 unspecified atom stereocenters. The van der Waals surface area contributed by atoms with Crippen LogP contribution in [0, 0.1) is 0 Å². The lowest BCUT2D eigenvalue weighted by molar-refractivity contribution is 1.28. The molecule has 0 amide bonds. The Balaban J connectivity index is 0.985. The molecule has 0 aliphatic heterocycles. The largest absolute Gasteiger partial charge is 0.311 e. The van der Waals surface area contributed by atoms with Gasteiger partial charge in [0.1, 0.15) is 0 Å². The zero-order chi connectivity index (χ0) is 40.8. The van der Waals surface area contributed by atoms with Crippen LogP contribution in [0.5, 0.6) is 0 Å². The molecule has 0 N–H and O–H groups in total. The molecule has 0 bridgehead atoms. The van der Waals surface area contributed by atoms with Crippen LogP contribution in [-0.2, 0) is 0 Å². The second kappa shape index (κ2) is 17.1. The van der Waals surface area contributed by atoms with E-state index in [2.05, 4.69) is 266 Å². The Morgan fingerprint density at radius 2 is 0.393 bits per heavy atom. The molecule has 61 heavy (non-hydrogen) atoms. The normalized spacial score (nSPS) is 11.0. The van der Waals surface area contributed by atoms with E-state index in [1.807, 2.05) is 0 Å². The van der Waals surface area contributed by atoms with Crippen LogP contribution in [0.1, 0.15) is 0 Å². The first-order valence-corrected chi connectivity index (χ1v) is 20.9. The molecule has 10 aromatic carbocycles. The Labute approximate surface area is 359 Å². The molecule has 0 aliphatic rings. The van der Waals surface area contributed by atoms with Gasteiger partial charge in [0.15, 0.2) is 0 Å². The van der Waals surface area contributed by atoms with Crippen molar-refractivity contribution in [1.29, 1.82) is 0 Å². The fraction of sp³-hybridized carbons (Fsp3) is 0. The Bertz CT molecular complexity index is 2850. The Morgan fingerprint density at radius 1 is 0.164 bits per heavy atom. The van der Waals surface area contributed by atoms with Crippen molar-refractivity contribution < 1.29 is 0 Å². The third-order valence-electron chi connectivity index (χ3n) is 11.5. The monoisotopic (exact) mass is 777 g/mol. The molecule has 0 fully saturated rings. The van der Waals surface area contributed by atoms with Gasteiger partial charge in [-0.05, 0) is 120 Å². The van der Waals surface area contributed by atoms with Gasteiger partial charge in [-0.2, -0.15) is 0 Å². The summed E-state index contributed by atoms with van der Waals surface area (Å²) in [7, 11) is 0. The first-order chi connectivity index (χ1) is 30.2. The van der Waals surface area contributed by atoms with Crippen LogP contribution in [0.3, 0.4) is 0 Å². The average molecular weight is 778 g/mol. The minimum absolute atomic E-state index is 1.09. The summed E-state index contributed by atoms with van der Waals surface area (Å²) in [6.07, 6.45) is 0. The fourth-order valence-corrected chi connectivity index (χ4v) is 8.28. The Morgan fingerprint density at radius 3 is 0.721 bits per heavy atom. The maximum Gasteiger partial charge on any atom is 0.0462 e. The van der Waals surface area contributed by atoms with Gasteiger partial charge in [-0.1, -0.05) is 218 Å². The highest BCUT2D eigenvalue weighted by atomic mass is 15.1. The Hall–Kier alpha value is -8.00. The molecule has 0 atom stereocenters. The van der Waals surface area contributed by atoms with Crippen molar-refractivity contribution in [3.05, 3.63) is 261 Å². The fourth-order valence-electron chi connectivity index (χ4n) is 8.28. The zero-order valence-corrected chi connectivity index (χ0v) is 33.8. The van der Waals surface area contributed by atoms with Gasteiger partial charge in [0.25, 0.3) is 0 Å². The number of benzene rings is 10. The molecule has 0 aromatic heterocycles. The molecule has 0 spiro atoms. The average Bonchev–Trinajstić information content (AvgIpc) is 3.36. The minimum Gasteiger partial charge on any atom is -0.311 e. The van der Waals surface area contributed by atoms with Gasteiger partial charge in [0.2, 0.25) is 0 Å². The van der Waals surface area contributed by atoms with Crippen LogP contribution >= 0.6 is 0 Å². The van der Waals surface area contributed by atoms with Crippen LogP contribution in [-0.4, -0.2) is 0 Å². The van der Waals surface area contributed by atoms with E-state index < -0.39 is 0 Å². The highest BCUT2D eigenvalue weighted by Gasteiger charge is 2.15. The van der Waals surface area contributed by atoms with Crippen molar-refractivity contribution in [3.63, 3.8) is 0 Å². The lowest BCUT2D eigenvalue weighted by atomic mass is 9.91. The first kappa shape index (κ1) is 37.3. The van der Waals surface area contributed by atoms with Gasteiger partial charge >= 0.3 is 0 Å². The van der Waals surface area contributed by atoms with Crippen LogP contribution in [0.15, 0.2) is 261 Å². The van der Waals surface area contributed by atoms with Gasteiger partial charge < -0.3 is 4.90 Å². The molecule has 288 valence electrons. The van der Waals surface area contributed by atoms with E-state index in [1.54, 1.807) is 0 Å². The summed E-state index contributed by atoms with van der Waals surface area (Å²) < 4.78 is 0. The lowest BCUT2D eigenvalue weighted by Crippen LogP contribution is -2.09. The summed E-state index contributed by atoms with van der Waals surface area (Å²) in [5.74, 6) is 0. The van der Waals surface area contributed by atoms with Crippen LogP contribution in [0.25, 0.3) is 77.9 Å². The van der Waals surface area contributed by atoms with E-state index in [1.165, 1.54) is 77.9 Å². The van der Waals surface area contributed by atoms with Gasteiger partial charge in [-0.15, -0.1) is 0 Å². The van der Waals surface area contributed by atoms with Crippen molar-refractivity contribution in [2.24, 2.45) is 0 Å². The van der Waals surface area contributed by atoms with Gasteiger partial charge in [-0.25, -0.2) is 0 Å². The summed E-state index contributed by atoms with van der Waals surface area (Å²) in [6, 6.07) is 93.9. The maximum atomic E-state index is 2.35. The molecule has 0 radical (unpaired) electrons. The predicted octanol–water partition coefficient (Wildman–Crippen LogP) is 16.8. The minimum atomic E-state index is 1.09. The van der Waals surface area contributed by atoms with Crippen LogP contribution < -0.4 is 4.90 Å². The van der Waals surface area contributed by atoms with E-state index in [0.717, 1.165) is 17.1 Å². The Kier molecular flexibility index (Phi) is 10.4. The van der Waals surface area contributed by atoms with E-state index in [-0.39, 0.29) is 0 Å². The summed E-state index contributed by atoms with van der Waals surface area (Å²) in [4.78, 5) is 2.35. The first-order valence-electron chi connectivity index (χ1n) is 20.9. The van der Waals surface area contributed by atoms with Crippen LogP contribution in [0.4, 0.5) is 17.1 Å². The van der Waals surface area contributed by atoms with Crippen LogP contribution in [0.2, 0.25) is 0 Å². The maximum absolute atomic E-state index is 2.35. The van der Waals surface area contributed by atoms with Crippen molar-refractivity contribution in [2.45, 2.75) is 0 Å². The molecule has 0 saturated carbocycles. The van der Waals surface area contributed by atoms with Crippen molar-refractivity contribution in [2.75, 3.05) is 4.90 Å². The van der Waals surface area contributed by atoms with E-state index >= 15 is 0 Å². The summed E-state index contributed by atoms with van der Waals surface area (Å²) in [5, 5.41) is 0. The number of anilines is 3. The lowest BCUT2D eigenvalue weighted by Gasteiger charge is -2.26. The summed E-state index contributed by atoms with van der Waals surface area (Å²) in [5.41, 5.74) is 20.1. The number of hydrogen-bond donors (Lipinski definition) is 0. The number of nitrogens with zero attached hydrogens (tertiary/aromatic N) is 1. The smallest absolute Gasteiger partial charge is 0.0462 e. The van der Waals surface area contributed by atoms with Crippen molar-refractivity contribution >= 4 is 17.1 Å². The van der Waals surface area contributed by atoms with Gasteiger partial charge in [0, 0.05) is 17.1 Å². The highest BCUT2D eigenvalue weighted by molar-refractivity contribution is 5.88. The molecular weight excluding hydrogens is 735 g/mol. The molecule has 0 heterocycles. The second-order valence-electron chi connectivity index (χ2n) is 15.4. The van der Waals surface area contributed by atoms with E-state index in [0.29, 0.717) is 0 Å². The molecule has 1 nitrogen and oxygen atoms in total. The quantitative estimate of drug-likeness (QED) is 0.134. The standard InChI is InChI=1S/C60H43N/c1-5-13-44(14-6-1)46-21-25-48(26-22-46)50-29-36-56(37-30-50)61(57-38-31-51(32-39-57)49-27-23-47(24-28-49)45-15-7-2-8-16-45)58-40-33-52(34-41-58)55-35-42-59(53-17-9-3-10-18-53)60(43-55)54-19-11-4-12-20-54/h1-43H. The molecule has 0 aliphatic carbocycles. The SMILES string of the molecule is c1ccc(-c2ccc(-c3ccc(N(c4ccc(-c5ccc(-c6ccccc6)cc5)cc4)c4ccc(-c5ccc(-c6ccccc6)c(-c6ccccc6)c5)cc4)cc3)cc2)cc1. The predicted molar refractivity (Wildman–Crippen MR) is 259 cm³/mol. The van der Waals surface area contributed by atoms with Gasteiger partial charge in [-0.3, -0.25) is 0 Å².